The Labute approximate surface area is 120 Å². The maximum atomic E-state index is 11.9. The van der Waals surface area contributed by atoms with E-state index in [4.69, 9.17) is 22.2 Å². The van der Waals surface area contributed by atoms with Crippen LogP contribution in [0.1, 0.15) is 26.3 Å². The van der Waals surface area contributed by atoms with E-state index in [-0.39, 0.29) is 22.8 Å². The molecule has 0 atom stereocenters. The van der Waals surface area contributed by atoms with Gasteiger partial charge in [-0.3, -0.25) is 19.2 Å². The summed E-state index contributed by atoms with van der Waals surface area (Å²) in [7, 11) is 1.43. The highest BCUT2D eigenvalue weighted by Gasteiger charge is 2.19. The first-order valence-electron chi connectivity index (χ1n) is 5.59. The van der Waals surface area contributed by atoms with Crippen molar-refractivity contribution in [3.8, 4) is 0 Å². The van der Waals surface area contributed by atoms with Crippen molar-refractivity contribution < 1.29 is 19.2 Å². The quantitative estimate of drug-likeness (QED) is 0.672. The summed E-state index contributed by atoms with van der Waals surface area (Å²) >= 11 is 5.84. The summed E-state index contributed by atoms with van der Waals surface area (Å²) in [5.41, 5.74) is 7.79. The van der Waals surface area contributed by atoms with E-state index < -0.39 is 17.7 Å². The van der Waals surface area contributed by atoms with Crippen LogP contribution in [0.4, 0.5) is 0 Å². The van der Waals surface area contributed by atoms with Crippen molar-refractivity contribution in [1.29, 1.82) is 0 Å². The minimum atomic E-state index is -0.754. The van der Waals surface area contributed by atoms with Gasteiger partial charge in [-0.15, -0.1) is 0 Å². The Morgan fingerprint density at radius 3 is 2.55 bits per heavy atom. The maximum absolute atomic E-state index is 11.9. The molecule has 0 heterocycles. The van der Waals surface area contributed by atoms with Gasteiger partial charge in [0.15, 0.2) is 6.61 Å². The maximum Gasteiger partial charge on any atom is 0.275 e. The number of nitrogens with two attached hydrogens (primary N) is 1. The number of halogens is 1. The molecule has 4 N–H and O–H groups in total. The number of hydrogen-bond donors (Lipinski definition) is 3. The van der Waals surface area contributed by atoms with Gasteiger partial charge in [0.05, 0.1) is 11.1 Å². The van der Waals surface area contributed by atoms with Gasteiger partial charge in [-0.2, -0.15) is 0 Å². The van der Waals surface area contributed by atoms with Crippen LogP contribution in [-0.4, -0.2) is 31.4 Å². The van der Waals surface area contributed by atoms with Crippen molar-refractivity contribution in [3.63, 3.8) is 0 Å². The molecule has 7 nitrogen and oxygen atoms in total. The lowest BCUT2D eigenvalue weighted by Crippen LogP contribution is -2.32. The molecule has 108 valence electrons. The Kier molecular flexibility index (Phi) is 5.48. The van der Waals surface area contributed by atoms with E-state index in [1.807, 2.05) is 5.48 Å². The smallest absolute Gasteiger partial charge is 0.275 e. The van der Waals surface area contributed by atoms with Gasteiger partial charge in [0.1, 0.15) is 0 Å². The molecule has 8 heteroatoms. The third-order valence-electron chi connectivity index (χ3n) is 2.44. The van der Waals surface area contributed by atoms with Gasteiger partial charge in [-0.1, -0.05) is 11.6 Å². The van der Waals surface area contributed by atoms with Crippen molar-refractivity contribution >= 4 is 29.3 Å². The molecule has 0 spiro atoms. The summed E-state index contributed by atoms with van der Waals surface area (Å²) in [6.45, 7) is 1.25. The number of benzene rings is 1. The van der Waals surface area contributed by atoms with Crippen LogP contribution in [-0.2, 0) is 9.63 Å². The lowest BCUT2D eigenvalue weighted by molar-refractivity contribution is -0.126. The summed E-state index contributed by atoms with van der Waals surface area (Å²) in [5, 5.41) is 2.60. The Bertz CT molecular complexity index is 560. The first kappa shape index (κ1) is 15.9. The molecule has 0 bridgehead atoms. The van der Waals surface area contributed by atoms with Gasteiger partial charge in [0.25, 0.3) is 5.91 Å². The molecule has 0 aliphatic carbocycles. The summed E-state index contributed by atoms with van der Waals surface area (Å²) in [6.07, 6.45) is 0. The second-order valence-corrected chi connectivity index (χ2v) is 4.34. The second kappa shape index (κ2) is 6.88. The molecule has 0 saturated carbocycles. The molecular weight excluding hydrogens is 286 g/mol. The number of hydrogen-bond acceptors (Lipinski definition) is 4. The van der Waals surface area contributed by atoms with Crippen LogP contribution < -0.4 is 16.5 Å². The Balaban J connectivity index is 2.92. The van der Waals surface area contributed by atoms with Crippen LogP contribution >= 0.6 is 11.6 Å². The second-order valence-electron chi connectivity index (χ2n) is 3.90. The summed E-state index contributed by atoms with van der Waals surface area (Å²) in [5.74, 6) is -1.88. The van der Waals surface area contributed by atoms with Crippen LogP contribution in [0.25, 0.3) is 0 Å². The zero-order valence-electron chi connectivity index (χ0n) is 11.0. The lowest BCUT2D eigenvalue weighted by Gasteiger charge is -2.11. The molecule has 0 radical (unpaired) electrons. The highest BCUT2D eigenvalue weighted by Crippen LogP contribution is 2.20. The predicted molar refractivity (Wildman–Crippen MR) is 72.2 cm³/mol. The molecule has 0 saturated heterocycles. The number of amides is 3. The van der Waals surface area contributed by atoms with E-state index in [0.717, 1.165) is 0 Å². The van der Waals surface area contributed by atoms with E-state index in [0.29, 0.717) is 5.56 Å². The monoisotopic (exact) mass is 299 g/mol. The van der Waals surface area contributed by atoms with Crippen molar-refractivity contribution in [1.82, 2.24) is 10.8 Å². The van der Waals surface area contributed by atoms with Crippen molar-refractivity contribution in [2.75, 3.05) is 13.7 Å². The molecule has 0 fully saturated rings. The minimum absolute atomic E-state index is 0.0144. The molecule has 3 amide bonds. The fourth-order valence-electron chi connectivity index (χ4n) is 1.54. The Morgan fingerprint density at radius 2 is 2.00 bits per heavy atom. The predicted octanol–water partition coefficient (Wildman–Crippen LogP) is 0.155. The zero-order chi connectivity index (χ0) is 15.3. The van der Waals surface area contributed by atoms with Gasteiger partial charge in [-0.05, 0) is 24.6 Å². The number of hydroxylamine groups is 1. The Hall–Kier alpha value is -2.12. The van der Waals surface area contributed by atoms with Crippen LogP contribution in [0.2, 0.25) is 5.02 Å². The highest BCUT2D eigenvalue weighted by atomic mass is 35.5. The SMILES string of the molecule is CNC(=O)CONC(=O)c1cc(Cl)cc(C)c1C(N)=O. The van der Waals surface area contributed by atoms with Gasteiger partial charge in [-0.25, -0.2) is 5.48 Å². The molecule has 1 aromatic rings. The fourth-order valence-corrected chi connectivity index (χ4v) is 1.82. The van der Waals surface area contributed by atoms with Crippen molar-refractivity contribution in [2.45, 2.75) is 6.92 Å². The molecule has 0 aromatic heterocycles. The van der Waals surface area contributed by atoms with Crippen LogP contribution in [0.15, 0.2) is 12.1 Å². The first-order chi connectivity index (χ1) is 9.36. The molecule has 0 unspecified atom stereocenters. The van der Waals surface area contributed by atoms with E-state index in [1.54, 1.807) is 6.92 Å². The standard InChI is InChI=1S/C12H14ClN3O4/c1-6-3-7(13)4-8(10(6)11(14)18)12(19)16-20-5-9(17)15-2/h3-4H,5H2,1-2H3,(H2,14,18)(H,15,17)(H,16,19). The average molecular weight is 300 g/mol. The third-order valence-corrected chi connectivity index (χ3v) is 2.66. The molecule has 20 heavy (non-hydrogen) atoms. The normalized spacial score (nSPS) is 9.95. The van der Waals surface area contributed by atoms with Crippen LogP contribution in [0, 0.1) is 6.92 Å². The average Bonchev–Trinajstić information content (AvgIpc) is 2.36. The molecule has 0 aliphatic heterocycles. The zero-order valence-corrected chi connectivity index (χ0v) is 11.7. The number of carbonyl (C=O) groups excluding carboxylic acids is 3. The number of likely N-dealkylation sites (N-methyl/N-ethyl adjacent to an activating group) is 1. The van der Waals surface area contributed by atoms with Crippen LogP contribution in [0.5, 0.6) is 0 Å². The van der Waals surface area contributed by atoms with Crippen LogP contribution in [0.3, 0.4) is 0 Å². The highest BCUT2D eigenvalue weighted by molar-refractivity contribution is 6.31. The molecule has 0 aliphatic rings. The van der Waals surface area contributed by atoms with Gasteiger partial charge < -0.3 is 11.1 Å². The molecular formula is C12H14ClN3O4. The number of carbonyl (C=O) groups is 3. The lowest BCUT2D eigenvalue weighted by atomic mass is 10.0. The number of primary amides is 1. The van der Waals surface area contributed by atoms with Gasteiger partial charge in [0.2, 0.25) is 11.8 Å². The van der Waals surface area contributed by atoms with Gasteiger partial charge >= 0.3 is 0 Å². The fraction of sp³-hybridized carbons (Fsp3) is 0.250. The largest absolute Gasteiger partial charge is 0.366 e. The van der Waals surface area contributed by atoms with E-state index >= 15 is 0 Å². The van der Waals surface area contributed by atoms with Crippen molar-refractivity contribution in [3.05, 3.63) is 33.8 Å². The minimum Gasteiger partial charge on any atom is -0.366 e. The number of rotatable bonds is 5. The third kappa shape index (κ3) is 3.94. The summed E-state index contributed by atoms with van der Waals surface area (Å²) in [6, 6.07) is 2.82. The van der Waals surface area contributed by atoms with E-state index in [9.17, 15) is 14.4 Å². The number of aryl methyl sites for hydroxylation is 1. The summed E-state index contributed by atoms with van der Waals surface area (Å²) in [4.78, 5) is 38.9. The van der Waals surface area contributed by atoms with E-state index in [1.165, 1.54) is 19.2 Å². The molecule has 1 aromatic carbocycles. The van der Waals surface area contributed by atoms with Gasteiger partial charge in [0, 0.05) is 12.1 Å². The first-order valence-corrected chi connectivity index (χ1v) is 5.97. The Morgan fingerprint density at radius 1 is 1.35 bits per heavy atom. The number of nitrogens with one attached hydrogen (secondary N) is 2. The summed E-state index contributed by atoms with van der Waals surface area (Å²) < 4.78 is 0. The van der Waals surface area contributed by atoms with Crippen molar-refractivity contribution in [2.24, 2.45) is 5.73 Å². The topological polar surface area (TPSA) is 111 Å². The van der Waals surface area contributed by atoms with E-state index in [2.05, 4.69) is 5.32 Å². The molecule has 1 rings (SSSR count).